The number of rotatable bonds is 1. The number of halogens is 2. The molecule has 0 aromatic heterocycles. The minimum Gasteiger partial charge on any atom is -0.341 e. The van der Waals surface area contributed by atoms with E-state index in [0.717, 1.165) is 0 Å². The van der Waals surface area contributed by atoms with Crippen molar-refractivity contribution in [3.8, 4) is 0 Å². The van der Waals surface area contributed by atoms with E-state index in [1.165, 1.54) is 4.90 Å². The highest BCUT2D eigenvalue weighted by Gasteiger charge is 2.54. The monoisotopic (exact) mass is 218 g/mol. The fraction of sp³-hybridized carbons (Fsp3) is 0.900. The maximum atomic E-state index is 13.4. The quantitative estimate of drug-likeness (QED) is 0.708. The molecule has 1 saturated heterocycles. The van der Waals surface area contributed by atoms with Crippen molar-refractivity contribution in [1.29, 1.82) is 0 Å². The van der Waals surface area contributed by atoms with E-state index in [1.54, 1.807) is 6.92 Å². The standard InChI is InChI=1S/C10H16F2N2O/c1-6(13)9(15)14-4-7-2-3-10(11,12)8(7)5-14/h6-8H,2-5,13H2,1H3/t6-,7+,8+/m0/s1. The van der Waals surface area contributed by atoms with Crippen LogP contribution in [0.1, 0.15) is 19.8 Å². The van der Waals surface area contributed by atoms with Crippen molar-refractivity contribution < 1.29 is 13.6 Å². The molecule has 3 atom stereocenters. The molecule has 2 rings (SSSR count). The molecule has 2 N–H and O–H groups in total. The van der Waals surface area contributed by atoms with Crippen LogP contribution in [0.4, 0.5) is 8.78 Å². The summed E-state index contributed by atoms with van der Waals surface area (Å²) < 4.78 is 26.7. The smallest absolute Gasteiger partial charge is 0.252 e. The van der Waals surface area contributed by atoms with Crippen molar-refractivity contribution in [3.05, 3.63) is 0 Å². The first-order chi connectivity index (χ1) is 6.92. The summed E-state index contributed by atoms with van der Waals surface area (Å²) in [5, 5.41) is 0. The molecule has 5 heteroatoms. The number of fused-ring (bicyclic) bond motifs is 1. The molecule has 3 nitrogen and oxygen atoms in total. The van der Waals surface area contributed by atoms with E-state index in [1.807, 2.05) is 0 Å². The molecule has 0 radical (unpaired) electrons. The van der Waals surface area contributed by atoms with Gasteiger partial charge in [-0.1, -0.05) is 0 Å². The van der Waals surface area contributed by atoms with Gasteiger partial charge in [0.15, 0.2) is 0 Å². The predicted molar refractivity (Wildman–Crippen MR) is 51.4 cm³/mol. The molecule has 2 fully saturated rings. The number of likely N-dealkylation sites (tertiary alicyclic amines) is 1. The maximum absolute atomic E-state index is 13.4. The lowest BCUT2D eigenvalue weighted by molar-refractivity contribution is -0.132. The maximum Gasteiger partial charge on any atom is 0.252 e. The molecule has 0 bridgehead atoms. The highest BCUT2D eigenvalue weighted by molar-refractivity contribution is 5.81. The van der Waals surface area contributed by atoms with Crippen molar-refractivity contribution in [2.75, 3.05) is 13.1 Å². The molecule has 0 aromatic carbocycles. The molecule has 1 saturated carbocycles. The topological polar surface area (TPSA) is 46.3 Å². The van der Waals surface area contributed by atoms with Crippen molar-refractivity contribution in [1.82, 2.24) is 4.90 Å². The Labute approximate surface area is 87.6 Å². The van der Waals surface area contributed by atoms with Gasteiger partial charge in [0.2, 0.25) is 5.91 Å². The van der Waals surface area contributed by atoms with Crippen LogP contribution < -0.4 is 5.73 Å². The Bertz CT molecular complexity index is 281. The van der Waals surface area contributed by atoms with E-state index in [9.17, 15) is 13.6 Å². The Hall–Kier alpha value is -0.710. The van der Waals surface area contributed by atoms with E-state index in [-0.39, 0.29) is 24.8 Å². The van der Waals surface area contributed by atoms with Crippen molar-refractivity contribution in [3.63, 3.8) is 0 Å². The molecule has 0 spiro atoms. The van der Waals surface area contributed by atoms with Crippen LogP contribution in [-0.2, 0) is 4.79 Å². The Morgan fingerprint density at radius 1 is 1.53 bits per heavy atom. The zero-order valence-electron chi connectivity index (χ0n) is 8.75. The zero-order valence-corrected chi connectivity index (χ0v) is 8.75. The number of nitrogens with two attached hydrogens (primary N) is 1. The van der Waals surface area contributed by atoms with Gasteiger partial charge in [-0.05, 0) is 19.3 Å². The molecule has 2 aliphatic rings. The van der Waals surface area contributed by atoms with Gasteiger partial charge in [-0.2, -0.15) is 0 Å². The van der Waals surface area contributed by atoms with Crippen LogP contribution in [0.25, 0.3) is 0 Å². The fourth-order valence-electron chi connectivity index (χ4n) is 2.67. The third-order valence-electron chi connectivity index (χ3n) is 3.53. The van der Waals surface area contributed by atoms with Gasteiger partial charge in [0.05, 0.1) is 6.04 Å². The molecule has 86 valence electrons. The Balaban J connectivity index is 2.05. The number of hydrogen-bond donors (Lipinski definition) is 1. The largest absolute Gasteiger partial charge is 0.341 e. The van der Waals surface area contributed by atoms with E-state index < -0.39 is 17.9 Å². The summed E-state index contributed by atoms with van der Waals surface area (Å²) in [4.78, 5) is 13.0. The van der Waals surface area contributed by atoms with Gasteiger partial charge in [-0.3, -0.25) is 4.79 Å². The molecule has 1 aliphatic heterocycles. The van der Waals surface area contributed by atoms with Gasteiger partial charge >= 0.3 is 0 Å². The summed E-state index contributed by atoms with van der Waals surface area (Å²) in [6, 6.07) is -0.586. The van der Waals surface area contributed by atoms with Gasteiger partial charge in [-0.15, -0.1) is 0 Å². The second kappa shape index (κ2) is 3.40. The second-order valence-electron chi connectivity index (χ2n) is 4.70. The third-order valence-corrected chi connectivity index (χ3v) is 3.53. The number of hydrogen-bond acceptors (Lipinski definition) is 2. The fourth-order valence-corrected chi connectivity index (χ4v) is 2.67. The van der Waals surface area contributed by atoms with E-state index in [4.69, 9.17) is 5.73 Å². The summed E-state index contributed by atoms with van der Waals surface area (Å²) >= 11 is 0. The highest BCUT2D eigenvalue weighted by atomic mass is 19.3. The second-order valence-corrected chi connectivity index (χ2v) is 4.70. The van der Waals surface area contributed by atoms with Gasteiger partial charge in [0.1, 0.15) is 0 Å². The lowest BCUT2D eigenvalue weighted by Crippen LogP contribution is -2.42. The van der Waals surface area contributed by atoms with Crippen LogP contribution in [0.5, 0.6) is 0 Å². The molecule has 1 heterocycles. The van der Waals surface area contributed by atoms with Crippen LogP contribution in [0.2, 0.25) is 0 Å². The molecule has 1 aliphatic carbocycles. The minimum atomic E-state index is -2.59. The average molecular weight is 218 g/mol. The molecule has 0 unspecified atom stereocenters. The molecular weight excluding hydrogens is 202 g/mol. The molecule has 15 heavy (non-hydrogen) atoms. The lowest BCUT2D eigenvalue weighted by Gasteiger charge is -2.21. The van der Waals surface area contributed by atoms with Gasteiger partial charge in [0, 0.05) is 25.4 Å². The van der Waals surface area contributed by atoms with Gasteiger partial charge < -0.3 is 10.6 Å². The third kappa shape index (κ3) is 1.73. The molecule has 0 aromatic rings. The number of nitrogens with zero attached hydrogens (tertiary/aromatic N) is 1. The number of amides is 1. The van der Waals surface area contributed by atoms with E-state index in [0.29, 0.717) is 13.0 Å². The SMILES string of the molecule is C[C@H](N)C(=O)N1C[C@H]2CCC(F)(F)[C@@H]2C1. The number of alkyl halides is 2. The first-order valence-electron chi connectivity index (χ1n) is 5.34. The zero-order chi connectivity index (χ0) is 11.2. The van der Waals surface area contributed by atoms with Gasteiger partial charge in [-0.25, -0.2) is 8.78 Å². The van der Waals surface area contributed by atoms with Crippen LogP contribution in [0.15, 0.2) is 0 Å². The minimum absolute atomic E-state index is 0.0253. The van der Waals surface area contributed by atoms with Gasteiger partial charge in [0.25, 0.3) is 5.92 Å². The highest BCUT2D eigenvalue weighted by Crippen LogP contribution is 2.48. The van der Waals surface area contributed by atoms with Crippen molar-refractivity contribution >= 4 is 5.91 Å². The Kier molecular flexibility index (Phi) is 2.45. The number of carbonyl (C=O) groups excluding carboxylic acids is 1. The Morgan fingerprint density at radius 3 is 2.73 bits per heavy atom. The normalized spacial score (nSPS) is 35.3. The first kappa shape index (κ1) is 10.8. The average Bonchev–Trinajstić information content (AvgIpc) is 2.66. The van der Waals surface area contributed by atoms with E-state index in [2.05, 4.69) is 0 Å². The predicted octanol–water partition coefficient (Wildman–Crippen LogP) is 0.837. The Morgan fingerprint density at radius 2 is 2.20 bits per heavy atom. The summed E-state index contributed by atoms with van der Waals surface area (Å²) in [5.41, 5.74) is 5.46. The molecular formula is C10H16F2N2O. The summed E-state index contributed by atoms with van der Waals surface area (Å²) in [5.74, 6) is -3.46. The lowest BCUT2D eigenvalue weighted by atomic mass is 9.99. The summed E-state index contributed by atoms with van der Waals surface area (Å²) in [7, 11) is 0. The summed E-state index contributed by atoms with van der Waals surface area (Å²) in [6.07, 6.45) is 0.503. The summed E-state index contributed by atoms with van der Waals surface area (Å²) in [6.45, 7) is 2.23. The number of carbonyl (C=O) groups is 1. The van der Waals surface area contributed by atoms with Crippen LogP contribution in [0.3, 0.4) is 0 Å². The first-order valence-corrected chi connectivity index (χ1v) is 5.34. The van der Waals surface area contributed by atoms with Crippen molar-refractivity contribution in [2.24, 2.45) is 17.6 Å². The van der Waals surface area contributed by atoms with Crippen LogP contribution in [-0.4, -0.2) is 35.9 Å². The van der Waals surface area contributed by atoms with E-state index >= 15 is 0 Å². The van der Waals surface area contributed by atoms with Crippen molar-refractivity contribution in [2.45, 2.75) is 31.7 Å². The van der Waals surface area contributed by atoms with Crippen LogP contribution >= 0.6 is 0 Å². The van der Waals surface area contributed by atoms with Crippen LogP contribution in [0, 0.1) is 11.8 Å². The molecule has 1 amide bonds.